The van der Waals surface area contributed by atoms with Crippen LogP contribution in [0.3, 0.4) is 0 Å². The summed E-state index contributed by atoms with van der Waals surface area (Å²) in [5.41, 5.74) is 0. The molecule has 9 heteroatoms. The molecule has 0 saturated heterocycles. The molecule has 0 aromatic rings. The molecule has 0 aliphatic rings. The topological polar surface area (TPSA) is 142 Å². The van der Waals surface area contributed by atoms with Crippen LogP contribution in [0.2, 0.25) is 0 Å². The highest BCUT2D eigenvalue weighted by Crippen LogP contribution is 2.75. The van der Waals surface area contributed by atoms with Gasteiger partial charge in [-0.1, -0.05) is 0 Å². The molecule has 0 bridgehead atoms. The molecule has 0 atom stereocenters. The standard InChI is InChI=1S/C2H10O7P2/c1-2(3,10(4,5)6)11(7,8)9/h3-9H,1H3/q+2. The van der Waals surface area contributed by atoms with Crippen molar-refractivity contribution >= 4 is 15.9 Å². The summed E-state index contributed by atoms with van der Waals surface area (Å²) in [5.74, 6) is 0. The first kappa shape index (κ1) is 11.6. The van der Waals surface area contributed by atoms with Gasteiger partial charge in [0.1, 0.15) is 0 Å². The first-order valence-electron chi connectivity index (χ1n) is 2.37. The van der Waals surface area contributed by atoms with Crippen LogP contribution in [0.4, 0.5) is 0 Å². The van der Waals surface area contributed by atoms with Crippen LogP contribution in [-0.4, -0.2) is 39.6 Å². The molecule has 0 radical (unpaired) electrons. The number of hydrogen-bond donors (Lipinski definition) is 7. The molecular weight excluding hydrogens is 198 g/mol. The minimum atomic E-state index is -4.89. The molecule has 0 unspecified atom stereocenters. The Morgan fingerprint density at radius 2 is 1.00 bits per heavy atom. The average Bonchev–Trinajstić information content (AvgIpc) is 1.58. The van der Waals surface area contributed by atoms with E-state index < -0.39 is 21.0 Å². The number of aliphatic hydroxyl groups is 1. The fourth-order valence-electron chi connectivity index (χ4n) is 0.180. The van der Waals surface area contributed by atoms with E-state index in [9.17, 15) is 0 Å². The molecule has 0 aliphatic heterocycles. The van der Waals surface area contributed by atoms with Gasteiger partial charge in [-0.15, -0.1) is 0 Å². The van der Waals surface area contributed by atoms with Gasteiger partial charge in [0.05, 0.1) is 6.92 Å². The maximum atomic E-state index is 8.79. The molecule has 0 fully saturated rings. The highest BCUT2D eigenvalue weighted by Gasteiger charge is 2.75. The molecule has 0 heterocycles. The Kier molecular flexibility index (Phi) is 2.96. The molecule has 68 valence electrons. The number of hydrogen-bond acceptors (Lipinski definition) is 7. The molecular formula is C2H10O7P2+2. The fourth-order valence-corrected chi connectivity index (χ4v) is 1.62. The van der Waals surface area contributed by atoms with Crippen molar-refractivity contribution in [3.05, 3.63) is 0 Å². The second-order valence-electron chi connectivity index (χ2n) is 2.11. The lowest BCUT2D eigenvalue weighted by molar-refractivity contribution is 0.118. The van der Waals surface area contributed by atoms with E-state index >= 15 is 0 Å². The summed E-state index contributed by atoms with van der Waals surface area (Å²) in [4.78, 5) is 50.4. The molecule has 0 aliphatic carbocycles. The highest BCUT2D eigenvalue weighted by atomic mass is 31.3. The van der Waals surface area contributed by atoms with Crippen molar-refractivity contribution < 1.29 is 34.5 Å². The lowest BCUT2D eigenvalue weighted by atomic mass is 10.9. The SMILES string of the molecule is CC(O)([P+](O)(O)O)[P+](O)(O)O. The summed E-state index contributed by atoms with van der Waals surface area (Å²) in [7, 11) is -9.77. The lowest BCUT2D eigenvalue weighted by Gasteiger charge is -2.20. The molecule has 0 amide bonds. The monoisotopic (exact) mass is 208 g/mol. The fraction of sp³-hybridized carbons (Fsp3) is 1.00. The maximum absolute atomic E-state index is 8.79. The van der Waals surface area contributed by atoms with Gasteiger partial charge in [0.25, 0.3) is 0 Å². The van der Waals surface area contributed by atoms with Gasteiger partial charge in [-0.3, -0.25) is 0 Å². The third-order valence-electron chi connectivity index (χ3n) is 1.14. The van der Waals surface area contributed by atoms with Crippen LogP contribution in [0.5, 0.6) is 0 Å². The lowest BCUT2D eigenvalue weighted by Crippen LogP contribution is -2.30. The third kappa shape index (κ3) is 2.26. The molecule has 0 saturated carbocycles. The zero-order chi connectivity index (χ0) is 9.50. The van der Waals surface area contributed by atoms with E-state index in [1.54, 1.807) is 0 Å². The van der Waals surface area contributed by atoms with Crippen LogP contribution < -0.4 is 0 Å². The predicted molar refractivity (Wildman–Crippen MR) is 37.8 cm³/mol. The highest BCUT2D eigenvalue weighted by molar-refractivity contribution is 7.78. The first-order valence-corrected chi connectivity index (χ1v) is 5.67. The molecule has 0 aromatic heterocycles. The van der Waals surface area contributed by atoms with Gasteiger partial charge >= 0.3 is 21.0 Å². The minimum Gasteiger partial charge on any atom is -0.314 e. The Hall–Kier alpha value is 0.580. The first-order chi connectivity index (χ1) is 4.50. The molecule has 11 heavy (non-hydrogen) atoms. The summed E-state index contributed by atoms with van der Waals surface area (Å²) < 4.78 is 0. The van der Waals surface area contributed by atoms with Crippen molar-refractivity contribution in [1.29, 1.82) is 0 Å². The Morgan fingerprint density at radius 1 is 0.818 bits per heavy atom. The molecule has 0 aromatic carbocycles. The van der Waals surface area contributed by atoms with E-state index in [1.165, 1.54) is 0 Å². The summed E-state index contributed by atoms with van der Waals surface area (Å²) in [6, 6.07) is 0. The van der Waals surface area contributed by atoms with Crippen molar-refractivity contribution in [3.63, 3.8) is 0 Å². The Balaban J connectivity index is 4.75. The Labute approximate surface area is 63.4 Å². The van der Waals surface area contributed by atoms with Gasteiger partial charge in [-0.25, -0.2) is 0 Å². The van der Waals surface area contributed by atoms with Gasteiger partial charge in [0.15, 0.2) is 0 Å². The van der Waals surface area contributed by atoms with Crippen molar-refractivity contribution in [1.82, 2.24) is 0 Å². The van der Waals surface area contributed by atoms with E-state index in [-0.39, 0.29) is 0 Å². The van der Waals surface area contributed by atoms with Crippen LogP contribution in [0.1, 0.15) is 6.92 Å². The minimum absolute atomic E-state index is 0.508. The summed E-state index contributed by atoms with van der Waals surface area (Å²) in [5, 5.41) is 5.72. The maximum Gasteiger partial charge on any atom is 0.488 e. The summed E-state index contributed by atoms with van der Waals surface area (Å²) >= 11 is 0. The van der Waals surface area contributed by atoms with Crippen LogP contribution in [0, 0.1) is 0 Å². The largest absolute Gasteiger partial charge is 0.488 e. The van der Waals surface area contributed by atoms with E-state index in [0.717, 1.165) is 0 Å². The Bertz CT molecular complexity index is 126. The average molecular weight is 208 g/mol. The van der Waals surface area contributed by atoms with Gasteiger partial charge in [-0.05, 0) is 0 Å². The van der Waals surface area contributed by atoms with Crippen LogP contribution in [0.25, 0.3) is 0 Å². The van der Waals surface area contributed by atoms with Crippen LogP contribution in [0.15, 0.2) is 0 Å². The second kappa shape index (κ2) is 2.81. The quantitative estimate of drug-likeness (QED) is 0.263. The van der Waals surface area contributed by atoms with Crippen LogP contribution in [-0.2, 0) is 0 Å². The Morgan fingerprint density at radius 3 is 1.00 bits per heavy atom. The van der Waals surface area contributed by atoms with E-state index in [0.29, 0.717) is 6.92 Å². The zero-order valence-electron chi connectivity index (χ0n) is 5.52. The van der Waals surface area contributed by atoms with Crippen molar-refractivity contribution in [2.45, 2.75) is 12.0 Å². The molecule has 0 rings (SSSR count). The smallest absolute Gasteiger partial charge is 0.314 e. The summed E-state index contributed by atoms with van der Waals surface area (Å²) in [6.07, 6.45) is 0. The molecule has 7 nitrogen and oxygen atoms in total. The number of rotatable bonds is 2. The van der Waals surface area contributed by atoms with Gasteiger partial charge in [0.2, 0.25) is 0 Å². The van der Waals surface area contributed by atoms with Crippen molar-refractivity contribution in [2.24, 2.45) is 0 Å². The summed E-state index contributed by atoms with van der Waals surface area (Å²) in [6.45, 7) is 0.508. The zero-order valence-corrected chi connectivity index (χ0v) is 7.31. The van der Waals surface area contributed by atoms with Crippen molar-refractivity contribution in [3.8, 4) is 0 Å². The van der Waals surface area contributed by atoms with Crippen LogP contribution >= 0.6 is 15.9 Å². The van der Waals surface area contributed by atoms with Gasteiger partial charge in [-0.2, -0.15) is 29.4 Å². The third-order valence-corrected chi connectivity index (χ3v) is 5.02. The predicted octanol–water partition coefficient (Wildman–Crippen LogP) is -1.87. The van der Waals surface area contributed by atoms with Gasteiger partial charge < -0.3 is 5.11 Å². The van der Waals surface area contributed by atoms with E-state index in [4.69, 9.17) is 34.5 Å². The van der Waals surface area contributed by atoms with E-state index in [1.807, 2.05) is 0 Å². The van der Waals surface area contributed by atoms with Crippen molar-refractivity contribution in [2.75, 3.05) is 0 Å². The van der Waals surface area contributed by atoms with Gasteiger partial charge in [0, 0.05) is 0 Å². The second-order valence-corrected chi connectivity index (χ2v) is 6.48. The normalized spacial score (nSPS) is 15.3. The molecule has 0 spiro atoms. The van der Waals surface area contributed by atoms with E-state index in [2.05, 4.69) is 0 Å². The molecule has 7 N–H and O–H groups in total.